The van der Waals surface area contributed by atoms with Crippen LogP contribution < -0.4 is 19.1 Å². The number of ether oxygens (including phenoxy) is 3. The van der Waals surface area contributed by atoms with Gasteiger partial charge in [-0.2, -0.15) is 0 Å². The maximum absolute atomic E-state index is 6.25. The molecule has 0 aliphatic carbocycles. The van der Waals surface area contributed by atoms with Gasteiger partial charge in [-0.25, -0.2) is 0 Å². The van der Waals surface area contributed by atoms with Crippen LogP contribution in [0, 0.1) is 0 Å². The molecule has 0 fully saturated rings. The van der Waals surface area contributed by atoms with Gasteiger partial charge in [0.1, 0.15) is 25.1 Å². The monoisotopic (exact) mass is 354 g/mol. The number of hydrogen-bond acceptors (Lipinski definition) is 5. The number of likely N-dealkylation sites (N-methyl/N-ethyl adjacent to an activating group) is 2. The summed E-state index contributed by atoms with van der Waals surface area (Å²) in [7, 11) is 2.13. The molecule has 26 heavy (non-hydrogen) atoms. The summed E-state index contributed by atoms with van der Waals surface area (Å²) < 4.78 is 17.8. The van der Waals surface area contributed by atoms with Crippen LogP contribution in [0.5, 0.6) is 17.2 Å². The third kappa shape index (κ3) is 3.44. The molecule has 138 valence electrons. The SMILES string of the molecule is CCN1C[C@@H](CN(C)Cc2cccc3c2OCCO3)Oc2ccccc21. The number of anilines is 1. The molecule has 0 N–H and O–H groups in total. The highest BCUT2D eigenvalue weighted by atomic mass is 16.6. The summed E-state index contributed by atoms with van der Waals surface area (Å²) in [5, 5.41) is 0. The first-order valence-electron chi connectivity index (χ1n) is 9.31. The van der Waals surface area contributed by atoms with Gasteiger partial charge in [-0.05, 0) is 32.2 Å². The van der Waals surface area contributed by atoms with Crippen LogP contribution in [0.25, 0.3) is 0 Å². The van der Waals surface area contributed by atoms with Crippen molar-refractivity contribution in [1.29, 1.82) is 0 Å². The van der Waals surface area contributed by atoms with Gasteiger partial charge in [0.15, 0.2) is 11.5 Å². The quantitative estimate of drug-likeness (QED) is 0.824. The summed E-state index contributed by atoms with van der Waals surface area (Å²) in [6, 6.07) is 14.4. The zero-order valence-corrected chi connectivity index (χ0v) is 15.5. The minimum atomic E-state index is 0.145. The van der Waals surface area contributed by atoms with Crippen molar-refractivity contribution in [2.45, 2.75) is 19.6 Å². The molecule has 2 aliphatic rings. The molecule has 4 rings (SSSR count). The first-order chi connectivity index (χ1) is 12.7. The molecule has 0 radical (unpaired) electrons. The maximum Gasteiger partial charge on any atom is 0.165 e. The zero-order valence-electron chi connectivity index (χ0n) is 15.5. The molecule has 5 nitrogen and oxygen atoms in total. The van der Waals surface area contributed by atoms with E-state index in [0.29, 0.717) is 13.2 Å². The minimum absolute atomic E-state index is 0.145. The summed E-state index contributed by atoms with van der Waals surface area (Å²) in [6.45, 7) is 6.98. The van der Waals surface area contributed by atoms with E-state index in [-0.39, 0.29) is 6.10 Å². The van der Waals surface area contributed by atoms with Crippen molar-refractivity contribution in [3.8, 4) is 17.2 Å². The number of fused-ring (bicyclic) bond motifs is 2. The molecule has 1 atom stereocenters. The van der Waals surface area contributed by atoms with Crippen LogP contribution in [0.4, 0.5) is 5.69 Å². The predicted molar refractivity (Wildman–Crippen MR) is 103 cm³/mol. The summed E-state index contributed by atoms with van der Waals surface area (Å²) in [4.78, 5) is 4.68. The van der Waals surface area contributed by atoms with Gasteiger partial charge in [-0.15, -0.1) is 0 Å². The standard InChI is InChI=1S/C21H26N2O3/c1-3-23-15-17(26-19-9-5-4-8-18(19)23)14-22(2)13-16-7-6-10-20-21(16)25-12-11-24-20/h4-10,17H,3,11-15H2,1-2H3/t17-/m1/s1. The van der Waals surface area contributed by atoms with E-state index in [0.717, 1.165) is 49.0 Å². The number of para-hydroxylation sites is 3. The molecule has 2 aromatic carbocycles. The van der Waals surface area contributed by atoms with Gasteiger partial charge in [0.05, 0.1) is 12.2 Å². The summed E-state index contributed by atoms with van der Waals surface area (Å²) in [5.74, 6) is 2.71. The van der Waals surface area contributed by atoms with Gasteiger partial charge >= 0.3 is 0 Å². The molecule has 0 saturated heterocycles. The smallest absolute Gasteiger partial charge is 0.165 e. The Hall–Kier alpha value is -2.40. The van der Waals surface area contributed by atoms with E-state index in [2.05, 4.69) is 48.0 Å². The Morgan fingerprint density at radius 2 is 1.85 bits per heavy atom. The summed E-state index contributed by atoms with van der Waals surface area (Å²) >= 11 is 0. The molecule has 5 heteroatoms. The van der Waals surface area contributed by atoms with Crippen LogP contribution in [0.3, 0.4) is 0 Å². The second-order valence-electron chi connectivity index (χ2n) is 6.88. The van der Waals surface area contributed by atoms with Crippen molar-refractivity contribution in [3.63, 3.8) is 0 Å². The van der Waals surface area contributed by atoms with Crippen LogP contribution in [0.15, 0.2) is 42.5 Å². The predicted octanol–water partition coefficient (Wildman–Crippen LogP) is 3.18. The van der Waals surface area contributed by atoms with E-state index in [4.69, 9.17) is 14.2 Å². The number of nitrogens with zero attached hydrogens (tertiary/aromatic N) is 2. The number of benzene rings is 2. The third-order valence-corrected chi connectivity index (χ3v) is 4.91. The largest absolute Gasteiger partial charge is 0.486 e. The van der Waals surface area contributed by atoms with Crippen molar-refractivity contribution in [2.24, 2.45) is 0 Å². The maximum atomic E-state index is 6.25. The molecule has 2 aliphatic heterocycles. The molecule has 0 amide bonds. The Balaban J connectivity index is 1.44. The summed E-state index contributed by atoms with van der Waals surface area (Å²) in [6.07, 6.45) is 0.145. The fourth-order valence-electron chi connectivity index (χ4n) is 3.74. The van der Waals surface area contributed by atoms with Crippen molar-refractivity contribution in [1.82, 2.24) is 4.90 Å². The van der Waals surface area contributed by atoms with Crippen LogP contribution in [0.1, 0.15) is 12.5 Å². The second-order valence-corrected chi connectivity index (χ2v) is 6.88. The number of rotatable bonds is 5. The lowest BCUT2D eigenvalue weighted by atomic mass is 10.1. The van der Waals surface area contributed by atoms with Gasteiger partial charge in [-0.1, -0.05) is 24.3 Å². The van der Waals surface area contributed by atoms with Gasteiger partial charge in [0.2, 0.25) is 0 Å². The Morgan fingerprint density at radius 3 is 2.73 bits per heavy atom. The number of hydrogen-bond donors (Lipinski definition) is 0. The van der Waals surface area contributed by atoms with Crippen molar-refractivity contribution < 1.29 is 14.2 Å². The molecule has 0 bridgehead atoms. The molecule has 2 heterocycles. The lowest BCUT2D eigenvalue weighted by Crippen LogP contribution is -2.45. The first kappa shape index (κ1) is 17.0. The van der Waals surface area contributed by atoms with Gasteiger partial charge in [-0.3, -0.25) is 4.90 Å². The third-order valence-electron chi connectivity index (χ3n) is 4.91. The second kappa shape index (κ2) is 7.46. The minimum Gasteiger partial charge on any atom is -0.486 e. The van der Waals surface area contributed by atoms with Crippen LogP contribution >= 0.6 is 0 Å². The Bertz CT molecular complexity index is 765. The van der Waals surface area contributed by atoms with E-state index in [1.165, 1.54) is 5.69 Å². The van der Waals surface area contributed by atoms with Gasteiger partial charge < -0.3 is 19.1 Å². The molecular formula is C21H26N2O3. The molecule has 0 aromatic heterocycles. The zero-order chi connectivity index (χ0) is 17.9. The molecular weight excluding hydrogens is 328 g/mol. The highest BCUT2D eigenvalue weighted by molar-refractivity contribution is 5.60. The van der Waals surface area contributed by atoms with E-state index < -0.39 is 0 Å². The fraction of sp³-hybridized carbons (Fsp3) is 0.429. The lowest BCUT2D eigenvalue weighted by Gasteiger charge is -2.37. The van der Waals surface area contributed by atoms with Gasteiger partial charge in [0.25, 0.3) is 0 Å². The first-order valence-corrected chi connectivity index (χ1v) is 9.31. The molecule has 0 saturated carbocycles. The van der Waals surface area contributed by atoms with E-state index >= 15 is 0 Å². The molecule has 0 unspecified atom stereocenters. The lowest BCUT2D eigenvalue weighted by molar-refractivity contribution is 0.136. The topological polar surface area (TPSA) is 34.2 Å². The van der Waals surface area contributed by atoms with Crippen molar-refractivity contribution in [2.75, 3.05) is 44.8 Å². The van der Waals surface area contributed by atoms with Crippen LogP contribution in [-0.2, 0) is 6.54 Å². The van der Waals surface area contributed by atoms with Crippen molar-refractivity contribution in [3.05, 3.63) is 48.0 Å². The van der Waals surface area contributed by atoms with E-state index in [1.54, 1.807) is 0 Å². The van der Waals surface area contributed by atoms with E-state index in [1.807, 2.05) is 18.2 Å². The highest BCUT2D eigenvalue weighted by Gasteiger charge is 2.26. The Labute approximate surface area is 155 Å². The van der Waals surface area contributed by atoms with Crippen LogP contribution in [0.2, 0.25) is 0 Å². The van der Waals surface area contributed by atoms with Gasteiger partial charge in [0, 0.05) is 25.2 Å². The normalized spacial score (nSPS) is 18.4. The Kier molecular flexibility index (Phi) is 4.89. The molecule has 2 aromatic rings. The van der Waals surface area contributed by atoms with Crippen molar-refractivity contribution >= 4 is 5.69 Å². The summed E-state index contributed by atoms with van der Waals surface area (Å²) in [5.41, 5.74) is 2.35. The average Bonchev–Trinajstić information content (AvgIpc) is 2.67. The average molecular weight is 354 g/mol. The molecule has 0 spiro atoms. The van der Waals surface area contributed by atoms with Crippen LogP contribution in [-0.4, -0.2) is 50.9 Å². The van der Waals surface area contributed by atoms with E-state index in [9.17, 15) is 0 Å². The fourth-order valence-corrected chi connectivity index (χ4v) is 3.74. The Morgan fingerprint density at radius 1 is 1.04 bits per heavy atom. The highest BCUT2D eigenvalue weighted by Crippen LogP contribution is 2.35.